The first kappa shape index (κ1) is 23.8. The Balaban J connectivity index is 1.65. The first-order chi connectivity index (χ1) is 14.9. The standard InChI is InChI=1S/C24H28BrFN2O2S/c1-17(24(30)27-22-7-2-3-8-22)28(14-19-5-4-6-20(25)13-19)23(29)16-31-15-18-9-11-21(26)12-10-18/h4-6,9-13,17,22H,2-3,7-8,14-16H2,1H3,(H,27,30)/t17-/m1/s1. The second-order valence-electron chi connectivity index (χ2n) is 7.94. The van der Waals surface area contributed by atoms with Crippen LogP contribution in [0.3, 0.4) is 0 Å². The van der Waals surface area contributed by atoms with Crippen LogP contribution in [0.25, 0.3) is 0 Å². The molecule has 0 saturated heterocycles. The largest absolute Gasteiger partial charge is 0.352 e. The van der Waals surface area contributed by atoms with Crippen molar-refractivity contribution >= 4 is 39.5 Å². The van der Waals surface area contributed by atoms with Gasteiger partial charge in [-0.1, -0.05) is 53.0 Å². The second-order valence-corrected chi connectivity index (χ2v) is 9.84. The SMILES string of the molecule is C[C@H](C(=O)NC1CCCC1)N(Cc1cccc(Br)c1)C(=O)CSCc1ccc(F)cc1. The summed E-state index contributed by atoms with van der Waals surface area (Å²) in [5, 5.41) is 3.11. The van der Waals surface area contributed by atoms with Gasteiger partial charge in [-0.3, -0.25) is 9.59 Å². The molecular formula is C24H28BrFN2O2S. The molecule has 3 rings (SSSR count). The van der Waals surface area contributed by atoms with E-state index >= 15 is 0 Å². The smallest absolute Gasteiger partial charge is 0.242 e. The number of carbonyl (C=O) groups is 2. The van der Waals surface area contributed by atoms with Crippen molar-refractivity contribution in [2.24, 2.45) is 0 Å². The summed E-state index contributed by atoms with van der Waals surface area (Å²) in [4.78, 5) is 27.6. The number of carbonyl (C=O) groups excluding carboxylic acids is 2. The van der Waals surface area contributed by atoms with Crippen molar-refractivity contribution < 1.29 is 14.0 Å². The van der Waals surface area contributed by atoms with Crippen LogP contribution in [0, 0.1) is 5.82 Å². The van der Waals surface area contributed by atoms with Crippen LogP contribution < -0.4 is 5.32 Å². The van der Waals surface area contributed by atoms with Crippen molar-refractivity contribution in [3.8, 4) is 0 Å². The highest BCUT2D eigenvalue weighted by Gasteiger charge is 2.28. The summed E-state index contributed by atoms with van der Waals surface area (Å²) in [6, 6.07) is 13.7. The molecule has 0 spiro atoms. The van der Waals surface area contributed by atoms with Crippen LogP contribution in [0.4, 0.5) is 4.39 Å². The molecule has 1 aliphatic rings. The Hall–Kier alpha value is -1.86. The number of rotatable bonds is 9. The fourth-order valence-corrected chi connectivity index (χ4v) is 5.04. The van der Waals surface area contributed by atoms with Gasteiger partial charge in [0.1, 0.15) is 11.9 Å². The molecule has 2 amide bonds. The van der Waals surface area contributed by atoms with Crippen LogP contribution in [0.15, 0.2) is 53.0 Å². The molecule has 0 bridgehead atoms. The van der Waals surface area contributed by atoms with Gasteiger partial charge >= 0.3 is 0 Å². The predicted molar refractivity (Wildman–Crippen MR) is 127 cm³/mol. The van der Waals surface area contributed by atoms with Gasteiger partial charge in [0.2, 0.25) is 11.8 Å². The molecule has 0 unspecified atom stereocenters. The lowest BCUT2D eigenvalue weighted by molar-refractivity contribution is -0.138. The first-order valence-corrected chi connectivity index (χ1v) is 12.5. The molecule has 0 aliphatic heterocycles. The quantitative estimate of drug-likeness (QED) is 0.502. The summed E-state index contributed by atoms with van der Waals surface area (Å²) in [5.41, 5.74) is 1.93. The molecule has 1 saturated carbocycles. The van der Waals surface area contributed by atoms with E-state index in [4.69, 9.17) is 0 Å². The van der Waals surface area contributed by atoms with Crippen LogP contribution in [0.1, 0.15) is 43.7 Å². The maximum Gasteiger partial charge on any atom is 0.242 e. The Labute approximate surface area is 196 Å². The molecule has 1 N–H and O–H groups in total. The van der Waals surface area contributed by atoms with Gasteiger partial charge in [-0.25, -0.2) is 4.39 Å². The maximum absolute atomic E-state index is 13.1. The number of nitrogens with zero attached hydrogens (tertiary/aromatic N) is 1. The Kier molecular flexibility index (Phi) is 8.96. The van der Waals surface area contributed by atoms with Gasteiger partial charge in [-0.15, -0.1) is 11.8 Å². The fraction of sp³-hybridized carbons (Fsp3) is 0.417. The van der Waals surface area contributed by atoms with Crippen molar-refractivity contribution in [2.45, 2.75) is 57.0 Å². The van der Waals surface area contributed by atoms with E-state index in [1.165, 1.54) is 23.9 Å². The van der Waals surface area contributed by atoms with Crippen LogP contribution in [0.5, 0.6) is 0 Å². The Morgan fingerprint density at radius 1 is 1.16 bits per heavy atom. The lowest BCUT2D eigenvalue weighted by Crippen LogP contribution is -2.50. The first-order valence-electron chi connectivity index (χ1n) is 10.6. The van der Waals surface area contributed by atoms with Gasteiger partial charge in [0.05, 0.1) is 5.75 Å². The zero-order valence-corrected chi connectivity index (χ0v) is 20.1. The van der Waals surface area contributed by atoms with Crippen LogP contribution >= 0.6 is 27.7 Å². The third-order valence-electron chi connectivity index (χ3n) is 5.52. The Morgan fingerprint density at radius 2 is 1.87 bits per heavy atom. The zero-order valence-electron chi connectivity index (χ0n) is 17.7. The number of nitrogens with one attached hydrogen (secondary N) is 1. The van der Waals surface area contributed by atoms with Gasteiger partial charge in [0, 0.05) is 22.8 Å². The van der Waals surface area contributed by atoms with E-state index in [0.717, 1.165) is 41.3 Å². The zero-order chi connectivity index (χ0) is 22.2. The molecule has 31 heavy (non-hydrogen) atoms. The van der Waals surface area contributed by atoms with E-state index in [1.807, 2.05) is 24.3 Å². The van der Waals surface area contributed by atoms with Crippen LogP contribution in [-0.2, 0) is 21.9 Å². The third-order valence-corrected chi connectivity index (χ3v) is 7.00. The van der Waals surface area contributed by atoms with E-state index in [-0.39, 0.29) is 29.4 Å². The summed E-state index contributed by atoms with van der Waals surface area (Å²) >= 11 is 4.94. The van der Waals surface area contributed by atoms with Gasteiger partial charge in [-0.05, 0) is 55.2 Å². The summed E-state index contributed by atoms with van der Waals surface area (Å²) in [6.07, 6.45) is 4.29. The topological polar surface area (TPSA) is 49.4 Å². The predicted octanol–water partition coefficient (Wildman–Crippen LogP) is 5.30. The number of halogens is 2. The van der Waals surface area contributed by atoms with Crippen molar-refractivity contribution in [3.63, 3.8) is 0 Å². The minimum atomic E-state index is -0.557. The molecule has 4 nitrogen and oxygen atoms in total. The number of hydrogen-bond acceptors (Lipinski definition) is 3. The van der Waals surface area contributed by atoms with Crippen LogP contribution in [-0.4, -0.2) is 34.6 Å². The van der Waals surface area contributed by atoms with E-state index in [2.05, 4.69) is 21.2 Å². The number of amides is 2. The molecule has 1 atom stereocenters. The highest BCUT2D eigenvalue weighted by atomic mass is 79.9. The van der Waals surface area contributed by atoms with Gasteiger partial charge < -0.3 is 10.2 Å². The molecule has 2 aromatic carbocycles. The Morgan fingerprint density at radius 3 is 2.55 bits per heavy atom. The van der Waals surface area contributed by atoms with Crippen molar-refractivity contribution in [1.82, 2.24) is 10.2 Å². The summed E-state index contributed by atoms with van der Waals surface area (Å²) < 4.78 is 14.0. The molecule has 2 aromatic rings. The number of hydrogen-bond donors (Lipinski definition) is 1. The molecule has 1 fully saturated rings. The summed E-state index contributed by atoms with van der Waals surface area (Å²) in [6.45, 7) is 2.17. The number of thioether (sulfide) groups is 1. The average Bonchev–Trinajstić information content (AvgIpc) is 3.26. The minimum absolute atomic E-state index is 0.0823. The monoisotopic (exact) mass is 506 g/mol. The van der Waals surface area contributed by atoms with Crippen molar-refractivity contribution in [2.75, 3.05) is 5.75 Å². The minimum Gasteiger partial charge on any atom is -0.352 e. The van der Waals surface area contributed by atoms with Gasteiger partial charge in [0.15, 0.2) is 0 Å². The van der Waals surface area contributed by atoms with Crippen LogP contribution in [0.2, 0.25) is 0 Å². The Bertz CT molecular complexity index is 887. The average molecular weight is 507 g/mol. The fourth-order valence-electron chi connectivity index (χ4n) is 3.73. The lowest BCUT2D eigenvalue weighted by Gasteiger charge is -2.29. The normalized spacial score (nSPS) is 14.9. The summed E-state index contributed by atoms with van der Waals surface area (Å²) in [5.74, 6) is 0.415. The van der Waals surface area contributed by atoms with E-state index in [1.54, 1.807) is 24.0 Å². The van der Waals surface area contributed by atoms with Crippen molar-refractivity contribution in [1.29, 1.82) is 0 Å². The van der Waals surface area contributed by atoms with E-state index < -0.39 is 6.04 Å². The molecule has 0 aromatic heterocycles. The molecular weight excluding hydrogens is 479 g/mol. The van der Waals surface area contributed by atoms with E-state index in [9.17, 15) is 14.0 Å². The van der Waals surface area contributed by atoms with Gasteiger partial charge in [0.25, 0.3) is 0 Å². The summed E-state index contributed by atoms with van der Waals surface area (Å²) in [7, 11) is 0. The molecule has 1 aliphatic carbocycles. The highest BCUT2D eigenvalue weighted by molar-refractivity contribution is 9.10. The maximum atomic E-state index is 13.1. The van der Waals surface area contributed by atoms with Gasteiger partial charge in [-0.2, -0.15) is 0 Å². The molecule has 7 heteroatoms. The molecule has 166 valence electrons. The third kappa shape index (κ3) is 7.35. The highest BCUT2D eigenvalue weighted by Crippen LogP contribution is 2.20. The van der Waals surface area contributed by atoms with Crippen molar-refractivity contribution in [3.05, 3.63) is 69.9 Å². The van der Waals surface area contributed by atoms with E-state index in [0.29, 0.717) is 12.3 Å². The molecule has 0 heterocycles. The number of benzene rings is 2. The molecule has 0 radical (unpaired) electrons. The lowest BCUT2D eigenvalue weighted by atomic mass is 10.1. The second kappa shape index (κ2) is 11.7.